The number of hydrogen-bond donors (Lipinski definition) is 0. The zero-order valence-electron chi connectivity index (χ0n) is 9.14. The molecule has 2 aromatic heterocycles. The van der Waals surface area contributed by atoms with E-state index in [4.69, 9.17) is 0 Å². The summed E-state index contributed by atoms with van der Waals surface area (Å²) in [6.07, 6.45) is 5.73. The van der Waals surface area contributed by atoms with E-state index >= 15 is 0 Å². The van der Waals surface area contributed by atoms with Crippen LogP contribution in [0.25, 0.3) is 11.1 Å². The molecule has 0 amide bonds. The van der Waals surface area contributed by atoms with E-state index in [1.807, 2.05) is 13.8 Å². The zero-order valence-corrected chi connectivity index (χ0v) is 9.14. The number of rotatable bonds is 2. The van der Waals surface area contributed by atoms with Crippen molar-refractivity contribution in [3.8, 4) is 11.1 Å². The Morgan fingerprint density at radius 3 is 2.69 bits per heavy atom. The molecule has 16 heavy (non-hydrogen) atoms. The second-order valence-electron chi connectivity index (χ2n) is 3.50. The molecule has 0 aliphatic heterocycles. The molecule has 2 rings (SSSR count). The Morgan fingerprint density at radius 1 is 1.19 bits per heavy atom. The molecular weight excluding hydrogens is 202 g/mol. The molecule has 0 N–H and O–H groups in total. The predicted octanol–water partition coefficient (Wildman–Crippen LogP) is 1.97. The number of aldehydes is 1. The Labute approximate surface area is 93.4 Å². The number of nitrogens with zero attached hydrogens (tertiary/aromatic N) is 3. The van der Waals surface area contributed by atoms with Gasteiger partial charge in [-0.25, -0.2) is 9.97 Å². The number of carbonyl (C=O) groups is 1. The lowest BCUT2D eigenvalue weighted by Gasteiger charge is -2.07. The summed E-state index contributed by atoms with van der Waals surface area (Å²) in [6, 6.07) is 1.80. The van der Waals surface area contributed by atoms with Gasteiger partial charge in [-0.2, -0.15) is 0 Å². The van der Waals surface area contributed by atoms with Crippen molar-refractivity contribution in [1.29, 1.82) is 0 Å². The maximum Gasteiger partial charge on any atom is 0.152 e. The largest absolute Gasteiger partial charge is 0.298 e. The van der Waals surface area contributed by atoms with Crippen molar-refractivity contribution < 1.29 is 4.79 Å². The molecule has 2 heterocycles. The SMILES string of the molecule is Cc1ncc(-c2ccncc2C=O)c(C)n1. The van der Waals surface area contributed by atoms with Crippen LogP contribution in [0.3, 0.4) is 0 Å². The van der Waals surface area contributed by atoms with Crippen LogP contribution < -0.4 is 0 Å². The highest BCUT2D eigenvalue weighted by Gasteiger charge is 2.08. The first-order valence-electron chi connectivity index (χ1n) is 4.92. The Kier molecular flexibility index (Phi) is 2.72. The standard InChI is InChI=1S/C12H11N3O/c1-8-12(6-14-9(2)15-8)11-3-4-13-5-10(11)7-16/h3-7H,1-2H3. The van der Waals surface area contributed by atoms with Gasteiger partial charge in [0, 0.05) is 35.4 Å². The van der Waals surface area contributed by atoms with Crippen molar-refractivity contribution in [2.45, 2.75) is 13.8 Å². The number of carbonyl (C=O) groups excluding carboxylic acids is 1. The Bertz CT molecular complexity index is 538. The van der Waals surface area contributed by atoms with E-state index in [0.717, 1.165) is 28.9 Å². The van der Waals surface area contributed by atoms with Gasteiger partial charge in [0.05, 0.1) is 0 Å². The monoisotopic (exact) mass is 213 g/mol. The summed E-state index contributed by atoms with van der Waals surface area (Å²) in [5, 5.41) is 0. The molecule has 0 spiro atoms. The lowest BCUT2D eigenvalue weighted by Crippen LogP contribution is -1.96. The summed E-state index contributed by atoms with van der Waals surface area (Å²) >= 11 is 0. The molecule has 2 aromatic rings. The van der Waals surface area contributed by atoms with Gasteiger partial charge in [0.1, 0.15) is 5.82 Å². The van der Waals surface area contributed by atoms with Crippen molar-refractivity contribution in [2.75, 3.05) is 0 Å². The molecule has 0 saturated heterocycles. The third kappa shape index (κ3) is 1.82. The number of aromatic nitrogens is 3. The van der Waals surface area contributed by atoms with E-state index in [9.17, 15) is 4.79 Å². The van der Waals surface area contributed by atoms with Gasteiger partial charge in [0.25, 0.3) is 0 Å². The maximum absolute atomic E-state index is 10.9. The van der Waals surface area contributed by atoms with Crippen LogP contribution in [0.5, 0.6) is 0 Å². The third-order valence-electron chi connectivity index (χ3n) is 2.37. The van der Waals surface area contributed by atoms with Crippen molar-refractivity contribution in [3.05, 3.63) is 41.7 Å². The summed E-state index contributed by atoms with van der Waals surface area (Å²) in [4.78, 5) is 23.2. The molecule has 4 heteroatoms. The van der Waals surface area contributed by atoms with Gasteiger partial charge < -0.3 is 0 Å². The highest BCUT2D eigenvalue weighted by atomic mass is 16.1. The van der Waals surface area contributed by atoms with Gasteiger partial charge in [-0.15, -0.1) is 0 Å². The molecular formula is C12H11N3O. The summed E-state index contributed by atoms with van der Waals surface area (Å²) in [5.41, 5.74) is 3.11. The molecule has 0 unspecified atom stereocenters. The van der Waals surface area contributed by atoms with Crippen molar-refractivity contribution in [2.24, 2.45) is 0 Å². The highest BCUT2D eigenvalue weighted by Crippen LogP contribution is 2.23. The maximum atomic E-state index is 10.9. The van der Waals surface area contributed by atoms with Crippen LogP contribution >= 0.6 is 0 Å². The van der Waals surface area contributed by atoms with Gasteiger partial charge in [0.15, 0.2) is 6.29 Å². The number of aryl methyl sites for hydroxylation is 2. The highest BCUT2D eigenvalue weighted by molar-refractivity contribution is 5.87. The minimum absolute atomic E-state index is 0.554. The van der Waals surface area contributed by atoms with Crippen LogP contribution in [-0.2, 0) is 0 Å². The molecule has 0 radical (unpaired) electrons. The van der Waals surface area contributed by atoms with E-state index in [-0.39, 0.29) is 0 Å². The molecule has 0 saturated carbocycles. The molecule has 0 fully saturated rings. The van der Waals surface area contributed by atoms with Gasteiger partial charge in [-0.05, 0) is 25.5 Å². The van der Waals surface area contributed by atoms with E-state index < -0.39 is 0 Å². The van der Waals surface area contributed by atoms with Gasteiger partial charge in [0.2, 0.25) is 0 Å². The Morgan fingerprint density at radius 2 is 2.00 bits per heavy atom. The van der Waals surface area contributed by atoms with Gasteiger partial charge in [-0.1, -0.05) is 0 Å². The average Bonchev–Trinajstić information content (AvgIpc) is 2.29. The van der Waals surface area contributed by atoms with Crippen LogP contribution in [0, 0.1) is 13.8 Å². The molecule has 0 aliphatic carbocycles. The predicted molar refractivity (Wildman–Crippen MR) is 60.1 cm³/mol. The minimum Gasteiger partial charge on any atom is -0.298 e. The van der Waals surface area contributed by atoms with Crippen molar-refractivity contribution >= 4 is 6.29 Å². The van der Waals surface area contributed by atoms with Crippen LogP contribution in [0.1, 0.15) is 21.9 Å². The van der Waals surface area contributed by atoms with E-state index in [2.05, 4.69) is 15.0 Å². The smallest absolute Gasteiger partial charge is 0.152 e. The van der Waals surface area contributed by atoms with Crippen LogP contribution in [0.2, 0.25) is 0 Å². The lowest BCUT2D eigenvalue weighted by molar-refractivity contribution is 0.112. The number of hydrogen-bond acceptors (Lipinski definition) is 4. The average molecular weight is 213 g/mol. The van der Waals surface area contributed by atoms with E-state index in [1.165, 1.54) is 0 Å². The van der Waals surface area contributed by atoms with E-state index in [1.54, 1.807) is 24.7 Å². The quantitative estimate of drug-likeness (QED) is 0.715. The lowest BCUT2D eigenvalue weighted by atomic mass is 10.0. The third-order valence-corrected chi connectivity index (χ3v) is 2.37. The second-order valence-corrected chi connectivity index (χ2v) is 3.50. The summed E-state index contributed by atoms with van der Waals surface area (Å²) in [5.74, 6) is 0.725. The fraction of sp³-hybridized carbons (Fsp3) is 0.167. The summed E-state index contributed by atoms with van der Waals surface area (Å²) < 4.78 is 0. The number of pyridine rings is 1. The molecule has 0 aromatic carbocycles. The second kappa shape index (κ2) is 4.18. The summed E-state index contributed by atoms with van der Waals surface area (Å²) in [7, 11) is 0. The first-order valence-corrected chi connectivity index (χ1v) is 4.92. The van der Waals surface area contributed by atoms with Crippen LogP contribution in [0.4, 0.5) is 0 Å². The Hall–Kier alpha value is -2.10. The molecule has 0 aliphatic rings. The molecule has 0 atom stereocenters. The van der Waals surface area contributed by atoms with Crippen LogP contribution in [-0.4, -0.2) is 21.2 Å². The fourth-order valence-corrected chi connectivity index (χ4v) is 1.59. The Balaban J connectivity index is 2.62. The van der Waals surface area contributed by atoms with Crippen molar-refractivity contribution in [1.82, 2.24) is 15.0 Å². The first-order chi connectivity index (χ1) is 7.72. The zero-order chi connectivity index (χ0) is 11.5. The molecule has 80 valence electrons. The molecule has 0 bridgehead atoms. The first kappa shape index (κ1) is 10.4. The molecule has 4 nitrogen and oxygen atoms in total. The topological polar surface area (TPSA) is 55.7 Å². The fourth-order valence-electron chi connectivity index (χ4n) is 1.59. The minimum atomic E-state index is 0.554. The van der Waals surface area contributed by atoms with Crippen LogP contribution in [0.15, 0.2) is 24.7 Å². The van der Waals surface area contributed by atoms with E-state index in [0.29, 0.717) is 5.56 Å². The van der Waals surface area contributed by atoms with Gasteiger partial charge in [-0.3, -0.25) is 9.78 Å². The summed E-state index contributed by atoms with van der Waals surface area (Å²) in [6.45, 7) is 3.74. The normalized spacial score (nSPS) is 10.1. The van der Waals surface area contributed by atoms with Crippen molar-refractivity contribution in [3.63, 3.8) is 0 Å². The van der Waals surface area contributed by atoms with Gasteiger partial charge >= 0.3 is 0 Å².